The lowest BCUT2D eigenvalue weighted by molar-refractivity contribution is -0.127. The molecule has 0 radical (unpaired) electrons. The van der Waals surface area contributed by atoms with E-state index >= 15 is 0 Å². The lowest BCUT2D eigenvalue weighted by Crippen LogP contribution is -2.41. The van der Waals surface area contributed by atoms with Gasteiger partial charge in [-0.2, -0.15) is 0 Å². The highest BCUT2D eigenvalue weighted by Gasteiger charge is 2.21. The summed E-state index contributed by atoms with van der Waals surface area (Å²) in [6.45, 7) is 1.76. The molecule has 1 saturated carbocycles. The first-order valence-corrected chi connectivity index (χ1v) is 6.75. The molecule has 2 rings (SSSR count). The smallest absolute Gasteiger partial charge is 0.260 e. The summed E-state index contributed by atoms with van der Waals surface area (Å²) in [7, 11) is 0. The summed E-state index contributed by atoms with van der Waals surface area (Å²) in [6, 6.07) is 7.41. The van der Waals surface area contributed by atoms with Crippen molar-refractivity contribution in [3.8, 4) is 5.75 Å². The number of carbonyl (C=O) groups is 1. The van der Waals surface area contributed by atoms with Crippen molar-refractivity contribution < 1.29 is 9.53 Å². The third kappa shape index (κ3) is 3.64. The van der Waals surface area contributed by atoms with Gasteiger partial charge in [0.2, 0.25) is 0 Å². The highest BCUT2D eigenvalue weighted by molar-refractivity contribution is 6.30. The molecule has 1 aliphatic rings. The molecule has 1 N–H and O–H groups in total. The van der Waals surface area contributed by atoms with Gasteiger partial charge in [0.15, 0.2) is 6.10 Å². The molecule has 0 heterocycles. The Balaban J connectivity index is 1.86. The first kappa shape index (κ1) is 13.2. The molecule has 1 aromatic rings. The second kappa shape index (κ2) is 6.10. The van der Waals surface area contributed by atoms with Gasteiger partial charge in [-0.15, -0.1) is 0 Å². The number of carbonyl (C=O) groups excluding carboxylic acids is 1. The maximum Gasteiger partial charge on any atom is 0.260 e. The topological polar surface area (TPSA) is 38.3 Å². The monoisotopic (exact) mass is 267 g/mol. The van der Waals surface area contributed by atoms with E-state index in [2.05, 4.69) is 5.32 Å². The quantitative estimate of drug-likeness (QED) is 0.910. The van der Waals surface area contributed by atoms with E-state index in [0.29, 0.717) is 16.8 Å². The van der Waals surface area contributed by atoms with Crippen molar-refractivity contribution in [3.63, 3.8) is 0 Å². The van der Waals surface area contributed by atoms with Gasteiger partial charge in [-0.1, -0.05) is 30.5 Å². The fraction of sp³-hybridized carbons (Fsp3) is 0.500. The van der Waals surface area contributed by atoms with Crippen molar-refractivity contribution in [3.05, 3.63) is 29.3 Å². The maximum absolute atomic E-state index is 11.9. The Morgan fingerprint density at radius 2 is 2.17 bits per heavy atom. The van der Waals surface area contributed by atoms with Crippen molar-refractivity contribution in [1.29, 1.82) is 0 Å². The minimum atomic E-state index is -0.496. The molecular formula is C14H18ClNO2. The first-order chi connectivity index (χ1) is 8.65. The third-order valence-corrected chi connectivity index (χ3v) is 3.41. The summed E-state index contributed by atoms with van der Waals surface area (Å²) in [5, 5.41) is 3.62. The minimum absolute atomic E-state index is 0.0538. The number of benzene rings is 1. The maximum atomic E-state index is 11.9. The summed E-state index contributed by atoms with van der Waals surface area (Å²) in [6.07, 6.45) is 4.07. The van der Waals surface area contributed by atoms with Gasteiger partial charge in [0.1, 0.15) is 5.75 Å². The van der Waals surface area contributed by atoms with Crippen LogP contribution in [0.5, 0.6) is 5.75 Å². The predicted octanol–water partition coefficient (Wildman–Crippen LogP) is 3.17. The zero-order chi connectivity index (χ0) is 13.0. The Hall–Kier alpha value is -1.22. The molecular weight excluding hydrogens is 250 g/mol. The lowest BCUT2D eigenvalue weighted by Gasteiger charge is -2.18. The van der Waals surface area contributed by atoms with Crippen LogP contribution in [-0.2, 0) is 4.79 Å². The molecule has 1 amide bonds. The standard InChI is InChI=1S/C14H18ClNO2/c1-10(14(17)16-12-6-2-3-7-12)18-13-8-4-5-11(15)9-13/h4-5,8-10,12H,2-3,6-7H2,1H3,(H,16,17)/t10-/m1/s1. The van der Waals surface area contributed by atoms with Crippen LogP contribution in [0.4, 0.5) is 0 Å². The highest BCUT2D eigenvalue weighted by atomic mass is 35.5. The van der Waals surface area contributed by atoms with Crippen LogP contribution in [0.15, 0.2) is 24.3 Å². The van der Waals surface area contributed by atoms with Gasteiger partial charge < -0.3 is 10.1 Å². The Morgan fingerprint density at radius 1 is 1.44 bits per heavy atom. The SMILES string of the molecule is C[C@@H](Oc1cccc(Cl)c1)C(=O)NC1CCCC1. The molecule has 0 aromatic heterocycles. The average Bonchev–Trinajstić information content (AvgIpc) is 2.81. The summed E-state index contributed by atoms with van der Waals surface area (Å²) in [5.41, 5.74) is 0. The summed E-state index contributed by atoms with van der Waals surface area (Å²) in [5.74, 6) is 0.568. The molecule has 0 saturated heterocycles. The van der Waals surface area contributed by atoms with Crippen LogP contribution in [-0.4, -0.2) is 18.1 Å². The van der Waals surface area contributed by atoms with Crippen molar-refractivity contribution in [2.75, 3.05) is 0 Å². The van der Waals surface area contributed by atoms with E-state index in [1.165, 1.54) is 12.8 Å². The molecule has 98 valence electrons. The van der Waals surface area contributed by atoms with Crippen molar-refractivity contribution >= 4 is 17.5 Å². The third-order valence-electron chi connectivity index (χ3n) is 3.18. The number of amides is 1. The number of hydrogen-bond donors (Lipinski definition) is 1. The zero-order valence-electron chi connectivity index (χ0n) is 10.5. The number of hydrogen-bond acceptors (Lipinski definition) is 2. The molecule has 0 bridgehead atoms. The zero-order valence-corrected chi connectivity index (χ0v) is 11.2. The molecule has 0 aliphatic heterocycles. The van der Waals surface area contributed by atoms with E-state index in [4.69, 9.17) is 16.3 Å². The summed E-state index contributed by atoms with van der Waals surface area (Å²) in [4.78, 5) is 11.9. The highest BCUT2D eigenvalue weighted by Crippen LogP contribution is 2.20. The molecule has 1 aliphatic carbocycles. The molecule has 1 atom stereocenters. The summed E-state index contributed by atoms with van der Waals surface area (Å²) >= 11 is 5.86. The van der Waals surface area contributed by atoms with Gasteiger partial charge >= 0.3 is 0 Å². The van der Waals surface area contributed by atoms with Crippen LogP contribution >= 0.6 is 11.6 Å². The van der Waals surface area contributed by atoms with Crippen LogP contribution in [0.1, 0.15) is 32.6 Å². The van der Waals surface area contributed by atoms with Crippen LogP contribution in [0, 0.1) is 0 Å². The van der Waals surface area contributed by atoms with Crippen LogP contribution < -0.4 is 10.1 Å². The van der Waals surface area contributed by atoms with E-state index in [1.54, 1.807) is 31.2 Å². The normalized spacial score (nSPS) is 17.4. The fourth-order valence-electron chi connectivity index (χ4n) is 2.19. The molecule has 1 fully saturated rings. The number of rotatable bonds is 4. The van der Waals surface area contributed by atoms with E-state index in [9.17, 15) is 4.79 Å². The van der Waals surface area contributed by atoms with Gasteiger partial charge in [0.25, 0.3) is 5.91 Å². The van der Waals surface area contributed by atoms with Crippen molar-refractivity contribution in [1.82, 2.24) is 5.32 Å². The molecule has 18 heavy (non-hydrogen) atoms. The molecule has 4 heteroatoms. The van der Waals surface area contributed by atoms with Crippen molar-refractivity contribution in [2.45, 2.75) is 44.8 Å². The van der Waals surface area contributed by atoms with Gasteiger partial charge in [-0.05, 0) is 38.0 Å². The number of halogens is 1. The Kier molecular flexibility index (Phi) is 4.48. The first-order valence-electron chi connectivity index (χ1n) is 6.38. The second-order valence-electron chi connectivity index (χ2n) is 4.71. The Bertz CT molecular complexity index is 416. The van der Waals surface area contributed by atoms with E-state index in [1.807, 2.05) is 0 Å². The average molecular weight is 268 g/mol. The second-order valence-corrected chi connectivity index (χ2v) is 5.14. The largest absolute Gasteiger partial charge is 0.481 e. The molecule has 1 aromatic carbocycles. The summed E-state index contributed by atoms with van der Waals surface area (Å²) < 4.78 is 5.57. The molecule has 0 unspecified atom stereocenters. The number of nitrogens with one attached hydrogen (secondary N) is 1. The molecule has 3 nitrogen and oxygen atoms in total. The van der Waals surface area contributed by atoms with Gasteiger partial charge in [0, 0.05) is 11.1 Å². The van der Waals surface area contributed by atoms with Gasteiger partial charge in [-0.25, -0.2) is 0 Å². The number of ether oxygens (including phenoxy) is 1. The van der Waals surface area contributed by atoms with E-state index in [0.717, 1.165) is 12.8 Å². The van der Waals surface area contributed by atoms with Crippen molar-refractivity contribution in [2.24, 2.45) is 0 Å². The minimum Gasteiger partial charge on any atom is -0.481 e. The van der Waals surface area contributed by atoms with Crippen LogP contribution in [0.3, 0.4) is 0 Å². The van der Waals surface area contributed by atoms with Gasteiger partial charge in [-0.3, -0.25) is 4.79 Å². The predicted molar refractivity (Wildman–Crippen MR) is 71.9 cm³/mol. The van der Waals surface area contributed by atoms with Crippen LogP contribution in [0.25, 0.3) is 0 Å². The Labute approximate surface area is 112 Å². The molecule has 0 spiro atoms. The van der Waals surface area contributed by atoms with Crippen LogP contribution in [0.2, 0.25) is 5.02 Å². The Morgan fingerprint density at radius 3 is 2.83 bits per heavy atom. The van der Waals surface area contributed by atoms with E-state index in [-0.39, 0.29) is 5.91 Å². The van der Waals surface area contributed by atoms with E-state index < -0.39 is 6.10 Å². The fourth-order valence-corrected chi connectivity index (χ4v) is 2.37. The van der Waals surface area contributed by atoms with Gasteiger partial charge in [0.05, 0.1) is 0 Å². The lowest BCUT2D eigenvalue weighted by atomic mass is 10.2.